The van der Waals surface area contributed by atoms with E-state index in [2.05, 4.69) is 33.6 Å². The lowest BCUT2D eigenvalue weighted by molar-refractivity contribution is 0.0932. The van der Waals surface area contributed by atoms with Gasteiger partial charge in [0.25, 0.3) is 5.91 Å². The van der Waals surface area contributed by atoms with Gasteiger partial charge in [-0.3, -0.25) is 9.78 Å². The van der Waals surface area contributed by atoms with Gasteiger partial charge < -0.3 is 14.6 Å². The minimum atomic E-state index is -0.260. The number of allylic oxidation sites excluding steroid dienone is 1. The molecule has 1 atom stereocenters. The molecule has 0 radical (unpaired) electrons. The van der Waals surface area contributed by atoms with Crippen LogP contribution in [0.5, 0.6) is 5.75 Å². The Hall–Kier alpha value is -3.93. The molecular formula is C28H30N4O2. The average molecular weight is 455 g/mol. The van der Waals surface area contributed by atoms with Gasteiger partial charge >= 0.3 is 0 Å². The molecule has 1 N–H and O–H groups in total. The molecule has 0 spiro atoms. The summed E-state index contributed by atoms with van der Waals surface area (Å²) in [4.78, 5) is 21.6. The van der Waals surface area contributed by atoms with Gasteiger partial charge in [0.1, 0.15) is 17.3 Å². The number of rotatable bonds is 11. The maximum atomic E-state index is 12.6. The first-order valence-corrected chi connectivity index (χ1v) is 11.7. The number of pyridine rings is 1. The smallest absolute Gasteiger partial charge is 0.270 e. The summed E-state index contributed by atoms with van der Waals surface area (Å²) in [7, 11) is 0. The van der Waals surface area contributed by atoms with Crippen LogP contribution in [0.25, 0.3) is 11.0 Å². The molecule has 2 aromatic heterocycles. The number of carbonyl (C=O) groups excluding carboxylic acids is 1. The number of hydrogen-bond donors (Lipinski definition) is 1. The first-order chi connectivity index (χ1) is 16.7. The Bertz CT molecular complexity index is 1250. The van der Waals surface area contributed by atoms with Crippen molar-refractivity contribution >= 4 is 16.9 Å². The molecule has 0 fully saturated rings. The molecule has 2 aromatic carbocycles. The molecule has 4 rings (SSSR count). The van der Waals surface area contributed by atoms with Crippen LogP contribution in [-0.4, -0.2) is 27.0 Å². The molecule has 0 bridgehead atoms. The maximum Gasteiger partial charge on any atom is 0.270 e. The van der Waals surface area contributed by atoms with Gasteiger partial charge in [0.15, 0.2) is 0 Å². The molecular weight excluding hydrogens is 424 g/mol. The third-order valence-corrected chi connectivity index (χ3v) is 5.69. The monoisotopic (exact) mass is 454 g/mol. The largest absolute Gasteiger partial charge is 0.493 e. The fourth-order valence-corrected chi connectivity index (χ4v) is 4.01. The molecule has 0 aliphatic heterocycles. The Morgan fingerprint density at radius 2 is 1.88 bits per heavy atom. The molecule has 0 aliphatic carbocycles. The van der Waals surface area contributed by atoms with Gasteiger partial charge in [-0.2, -0.15) is 0 Å². The van der Waals surface area contributed by atoms with E-state index in [-0.39, 0.29) is 11.9 Å². The van der Waals surface area contributed by atoms with Gasteiger partial charge in [-0.15, -0.1) is 6.58 Å². The van der Waals surface area contributed by atoms with Gasteiger partial charge in [0.05, 0.1) is 23.7 Å². The van der Waals surface area contributed by atoms with Crippen LogP contribution in [0, 0.1) is 0 Å². The van der Waals surface area contributed by atoms with E-state index in [4.69, 9.17) is 9.72 Å². The molecule has 4 aromatic rings. The van der Waals surface area contributed by atoms with Crippen LogP contribution in [0.2, 0.25) is 0 Å². The molecule has 0 saturated carbocycles. The number of ether oxygens (including phenoxy) is 1. The summed E-state index contributed by atoms with van der Waals surface area (Å²) in [6.07, 6.45) is 6.14. The van der Waals surface area contributed by atoms with E-state index >= 15 is 0 Å². The second-order valence-electron chi connectivity index (χ2n) is 8.18. The lowest BCUT2D eigenvalue weighted by Gasteiger charge is -2.16. The molecule has 6 nitrogen and oxygen atoms in total. The van der Waals surface area contributed by atoms with Crippen LogP contribution in [-0.2, 0) is 13.0 Å². The van der Waals surface area contributed by atoms with Crippen molar-refractivity contribution in [2.24, 2.45) is 0 Å². The number of unbranched alkanes of at least 4 members (excludes halogenated alkanes) is 1. The van der Waals surface area contributed by atoms with Gasteiger partial charge in [0.2, 0.25) is 0 Å². The predicted octanol–water partition coefficient (Wildman–Crippen LogP) is 5.51. The second kappa shape index (κ2) is 11.3. The zero-order valence-corrected chi connectivity index (χ0v) is 19.5. The average Bonchev–Trinajstić information content (AvgIpc) is 3.24. The number of benzene rings is 2. The molecule has 0 aliphatic rings. The van der Waals surface area contributed by atoms with Crippen molar-refractivity contribution in [3.63, 3.8) is 0 Å². The predicted molar refractivity (Wildman–Crippen MR) is 135 cm³/mol. The van der Waals surface area contributed by atoms with Crippen LogP contribution in [0.1, 0.15) is 47.7 Å². The number of amides is 1. The number of nitrogens with zero attached hydrogens (tertiary/aromatic N) is 3. The molecule has 34 heavy (non-hydrogen) atoms. The minimum Gasteiger partial charge on any atom is -0.493 e. The van der Waals surface area contributed by atoms with Crippen molar-refractivity contribution in [3.8, 4) is 5.75 Å². The van der Waals surface area contributed by atoms with E-state index in [1.54, 1.807) is 24.4 Å². The molecule has 1 amide bonds. The number of fused-ring (bicyclic) bond motifs is 1. The Morgan fingerprint density at radius 3 is 2.71 bits per heavy atom. The van der Waals surface area contributed by atoms with Crippen LogP contribution in [0.4, 0.5) is 0 Å². The van der Waals surface area contributed by atoms with E-state index in [0.29, 0.717) is 12.3 Å². The van der Waals surface area contributed by atoms with Crippen molar-refractivity contribution in [1.82, 2.24) is 19.9 Å². The number of hydrogen-bond acceptors (Lipinski definition) is 4. The highest BCUT2D eigenvalue weighted by Gasteiger charge is 2.19. The van der Waals surface area contributed by atoms with E-state index in [1.807, 2.05) is 49.4 Å². The van der Waals surface area contributed by atoms with Crippen LogP contribution in [0.15, 0.2) is 85.6 Å². The summed E-state index contributed by atoms with van der Waals surface area (Å²) < 4.78 is 8.24. The summed E-state index contributed by atoms with van der Waals surface area (Å²) in [5, 5.41) is 3.04. The van der Waals surface area contributed by atoms with Gasteiger partial charge in [-0.25, -0.2) is 4.98 Å². The fourth-order valence-electron chi connectivity index (χ4n) is 4.01. The number of nitrogens with one attached hydrogen (secondary N) is 1. The standard InChI is InChI=1S/C28H30N4O2/c1-3-12-22-13-4-7-17-26(22)34-20-11-10-19-32-25-16-6-5-14-23(25)31-27(32)21(2)30-28(33)24-15-8-9-18-29-24/h3-9,13-18,21H,1,10-12,19-20H2,2H3,(H,30,33). The third-order valence-electron chi connectivity index (χ3n) is 5.69. The Morgan fingerprint density at radius 1 is 1.09 bits per heavy atom. The Kier molecular flexibility index (Phi) is 7.71. The SMILES string of the molecule is C=CCc1ccccc1OCCCCn1c(C(C)NC(=O)c2ccccn2)nc2ccccc21. The third kappa shape index (κ3) is 5.52. The molecule has 1 unspecified atom stereocenters. The Labute approximate surface area is 200 Å². The number of para-hydroxylation sites is 3. The normalized spacial score (nSPS) is 11.8. The van der Waals surface area contributed by atoms with Crippen molar-refractivity contribution < 1.29 is 9.53 Å². The molecule has 2 heterocycles. The zero-order chi connectivity index (χ0) is 23.8. The quantitative estimate of drug-likeness (QED) is 0.240. The van der Waals surface area contributed by atoms with Crippen molar-refractivity contribution in [1.29, 1.82) is 0 Å². The van der Waals surface area contributed by atoms with Crippen molar-refractivity contribution in [3.05, 3.63) is 103 Å². The van der Waals surface area contributed by atoms with Gasteiger partial charge in [-0.1, -0.05) is 42.5 Å². The Balaban J connectivity index is 1.41. The lowest BCUT2D eigenvalue weighted by Crippen LogP contribution is -2.29. The first-order valence-electron chi connectivity index (χ1n) is 11.7. The van der Waals surface area contributed by atoms with Crippen molar-refractivity contribution in [2.75, 3.05) is 6.61 Å². The summed E-state index contributed by atoms with van der Waals surface area (Å²) in [6.45, 7) is 7.21. The summed E-state index contributed by atoms with van der Waals surface area (Å²) >= 11 is 0. The first kappa shape index (κ1) is 23.2. The summed E-state index contributed by atoms with van der Waals surface area (Å²) in [5.74, 6) is 1.54. The lowest BCUT2D eigenvalue weighted by atomic mass is 10.1. The number of carbonyl (C=O) groups is 1. The second-order valence-corrected chi connectivity index (χ2v) is 8.18. The van der Waals surface area contributed by atoms with Crippen LogP contribution in [0.3, 0.4) is 0 Å². The van der Waals surface area contributed by atoms with E-state index in [9.17, 15) is 4.79 Å². The highest BCUT2D eigenvalue weighted by atomic mass is 16.5. The van der Waals surface area contributed by atoms with Gasteiger partial charge in [-0.05, 0) is 62.1 Å². The van der Waals surface area contributed by atoms with Crippen molar-refractivity contribution in [2.45, 2.75) is 38.8 Å². The van der Waals surface area contributed by atoms with Crippen LogP contribution >= 0.6 is 0 Å². The molecule has 174 valence electrons. The highest BCUT2D eigenvalue weighted by molar-refractivity contribution is 5.92. The highest BCUT2D eigenvalue weighted by Crippen LogP contribution is 2.23. The number of aryl methyl sites for hydroxylation is 1. The summed E-state index contributed by atoms with van der Waals surface area (Å²) in [5.41, 5.74) is 3.53. The number of aromatic nitrogens is 3. The summed E-state index contributed by atoms with van der Waals surface area (Å²) in [6, 6.07) is 21.2. The van der Waals surface area contributed by atoms with Gasteiger partial charge in [0, 0.05) is 12.7 Å². The van der Waals surface area contributed by atoms with E-state index in [1.165, 1.54) is 0 Å². The topological polar surface area (TPSA) is 69.0 Å². The van der Waals surface area contributed by atoms with E-state index < -0.39 is 0 Å². The van der Waals surface area contributed by atoms with E-state index in [0.717, 1.165) is 54.0 Å². The number of imidazole rings is 1. The molecule has 6 heteroatoms. The van der Waals surface area contributed by atoms with Crippen LogP contribution < -0.4 is 10.1 Å². The minimum absolute atomic E-state index is 0.210. The molecule has 0 saturated heterocycles. The maximum absolute atomic E-state index is 12.6. The fraction of sp³-hybridized carbons (Fsp3) is 0.250. The zero-order valence-electron chi connectivity index (χ0n) is 19.5.